The zero-order chi connectivity index (χ0) is 17.6. The lowest BCUT2D eigenvalue weighted by atomic mass is 10.2. The van der Waals surface area contributed by atoms with Gasteiger partial charge in [-0.25, -0.2) is 4.98 Å². The third-order valence-corrected chi connectivity index (χ3v) is 4.51. The third-order valence-electron chi connectivity index (χ3n) is 4.51. The first-order chi connectivity index (χ1) is 12.2. The molecule has 0 aliphatic carbocycles. The molecule has 2 heterocycles. The number of hydrogen-bond acceptors (Lipinski definition) is 4. The monoisotopic (exact) mass is 339 g/mol. The van der Waals surface area contributed by atoms with Gasteiger partial charge in [-0.2, -0.15) is 0 Å². The summed E-state index contributed by atoms with van der Waals surface area (Å²) in [5.41, 5.74) is 1.18. The molecule has 25 heavy (non-hydrogen) atoms. The molecule has 1 aliphatic rings. The Morgan fingerprint density at radius 3 is 2.44 bits per heavy atom. The molecular weight excluding hydrogens is 314 g/mol. The van der Waals surface area contributed by atoms with Gasteiger partial charge in [-0.05, 0) is 37.6 Å². The largest absolute Gasteiger partial charge is 0.481 e. The van der Waals surface area contributed by atoms with Crippen LogP contribution in [0.5, 0.6) is 5.75 Å². The molecule has 5 nitrogen and oxygen atoms in total. The second-order valence-corrected chi connectivity index (χ2v) is 6.33. The number of piperazine rings is 1. The molecule has 1 aromatic heterocycles. The van der Waals surface area contributed by atoms with E-state index in [-0.39, 0.29) is 5.91 Å². The van der Waals surface area contributed by atoms with Crippen molar-refractivity contribution in [3.8, 4) is 5.75 Å². The summed E-state index contributed by atoms with van der Waals surface area (Å²) < 4.78 is 5.93. The summed E-state index contributed by atoms with van der Waals surface area (Å²) in [5.74, 6) is 1.79. The van der Waals surface area contributed by atoms with E-state index in [9.17, 15) is 4.79 Å². The summed E-state index contributed by atoms with van der Waals surface area (Å²) >= 11 is 0. The van der Waals surface area contributed by atoms with Gasteiger partial charge in [0, 0.05) is 32.4 Å². The zero-order valence-corrected chi connectivity index (χ0v) is 14.9. The Morgan fingerprint density at radius 2 is 1.84 bits per heavy atom. The van der Waals surface area contributed by atoms with Crippen molar-refractivity contribution in [2.24, 2.45) is 0 Å². The van der Waals surface area contributed by atoms with Crippen LogP contribution in [-0.2, 0) is 4.79 Å². The van der Waals surface area contributed by atoms with Gasteiger partial charge in [0.1, 0.15) is 11.6 Å². The summed E-state index contributed by atoms with van der Waals surface area (Å²) in [5, 5.41) is 0. The predicted molar refractivity (Wildman–Crippen MR) is 98.9 cm³/mol. The van der Waals surface area contributed by atoms with Crippen LogP contribution >= 0.6 is 0 Å². The fourth-order valence-electron chi connectivity index (χ4n) is 2.99. The van der Waals surface area contributed by atoms with Gasteiger partial charge in [0.25, 0.3) is 5.91 Å². The molecule has 0 spiro atoms. The van der Waals surface area contributed by atoms with E-state index in [0.717, 1.165) is 24.7 Å². The number of benzene rings is 1. The molecule has 0 radical (unpaired) electrons. The summed E-state index contributed by atoms with van der Waals surface area (Å²) in [7, 11) is 0. The number of pyridine rings is 1. The second-order valence-electron chi connectivity index (χ2n) is 6.33. The fraction of sp³-hybridized carbons (Fsp3) is 0.400. The molecule has 132 valence electrons. The number of ether oxygens (including phenoxy) is 1. The number of hydrogen-bond donors (Lipinski definition) is 0. The molecule has 2 aromatic rings. The molecule has 0 saturated carbocycles. The maximum absolute atomic E-state index is 12.8. The first-order valence-corrected chi connectivity index (χ1v) is 8.85. The quantitative estimate of drug-likeness (QED) is 0.840. The number of anilines is 1. The number of aromatic nitrogens is 1. The van der Waals surface area contributed by atoms with E-state index in [4.69, 9.17) is 4.74 Å². The Hall–Kier alpha value is -2.56. The van der Waals surface area contributed by atoms with Gasteiger partial charge in [-0.3, -0.25) is 4.79 Å². The Labute approximate surface area is 149 Å². The molecule has 1 atom stereocenters. The first kappa shape index (κ1) is 17.3. The van der Waals surface area contributed by atoms with Crippen molar-refractivity contribution >= 4 is 11.7 Å². The molecule has 1 aromatic carbocycles. The Bertz CT molecular complexity index is 680. The molecule has 0 unspecified atom stereocenters. The van der Waals surface area contributed by atoms with Crippen molar-refractivity contribution in [1.82, 2.24) is 9.88 Å². The smallest absolute Gasteiger partial charge is 0.263 e. The average Bonchev–Trinajstić information content (AvgIpc) is 2.68. The second kappa shape index (κ2) is 8.01. The third kappa shape index (κ3) is 4.29. The summed E-state index contributed by atoms with van der Waals surface area (Å²) in [6, 6.07) is 13.7. The van der Waals surface area contributed by atoms with E-state index in [1.807, 2.05) is 61.2 Å². The zero-order valence-electron chi connectivity index (χ0n) is 14.9. The standard InChI is InChI=1S/C20H25N3O2/c1-3-18(25-17-9-7-16(2)8-10-17)20(24)23-14-12-22(13-15-23)19-6-4-5-11-21-19/h4-11,18H,3,12-15H2,1-2H3/t18-/m0/s1. The van der Waals surface area contributed by atoms with Crippen LogP contribution in [0.1, 0.15) is 18.9 Å². The highest BCUT2D eigenvalue weighted by molar-refractivity contribution is 5.81. The average molecular weight is 339 g/mol. The van der Waals surface area contributed by atoms with Gasteiger partial charge in [0.05, 0.1) is 0 Å². The number of nitrogens with zero attached hydrogens (tertiary/aromatic N) is 3. The van der Waals surface area contributed by atoms with Crippen LogP contribution in [0.3, 0.4) is 0 Å². The highest BCUT2D eigenvalue weighted by atomic mass is 16.5. The van der Waals surface area contributed by atoms with Gasteiger partial charge in [0.2, 0.25) is 0 Å². The number of carbonyl (C=O) groups excluding carboxylic acids is 1. The molecule has 1 saturated heterocycles. The molecule has 5 heteroatoms. The molecule has 1 aliphatic heterocycles. The van der Waals surface area contributed by atoms with E-state index >= 15 is 0 Å². The van der Waals surface area contributed by atoms with Crippen LogP contribution in [0.4, 0.5) is 5.82 Å². The summed E-state index contributed by atoms with van der Waals surface area (Å²) in [6.07, 6.45) is 2.03. The van der Waals surface area contributed by atoms with Crippen LogP contribution in [0.25, 0.3) is 0 Å². The van der Waals surface area contributed by atoms with E-state index in [1.54, 1.807) is 6.20 Å². The van der Waals surface area contributed by atoms with Crippen molar-refractivity contribution < 1.29 is 9.53 Å². The topological polar surface area (TPSA) is 45.7 Å². The van der Waals surface area contributed by atoms with Gasteiger partial charge in [-0.15, -0.1) is 0 Å². The summed E-state index contributed by atoms with van der Waals surface area (Å²) in [4.78, 5) is 21.3. The Morgan fingerprint density at radius 1 is 1.12 bits per heavy atom. The SMILES string of the molecule is CC[C@H](Oc1ccc(C)cc1)C(=O)N1CCN(c2ccccn2)CC1. The van der Waals surface area contributed by atoms with Gasteiger partial charge >= 0.3 is 0 Å². The number of aryl methyl sites for hydroxylation is 1. The van der Waals surface area contributed by atoms with Gasteiger partial charge in [-0.1, -0.05) is 30.7 Å². The molecule has 0 N–H and O–H groups in total. The van der Waals surface area contributed by atoms with Crippen LogP contribution < -0.4 is 9.64 Å². The lowest BCUT2D eigenvalue weighted by Crippen LogP contribution is -2.52. The van der Waals surface area contributed by atoms with Gasteiger partial charge in [0.15, 0.2) is 6.10 Å². The molecule has 0 bridgehead atoms. The minimum Gasteiger partial charge on any atom is -0.481 e. The van der Waals surface area contributed by atoms with E-state index in [1.165, 1.54) is 5.56 Å². The van der Waals surface area contributed by atoms with Crippen LogP contribution in [0, 0.1) is 6.92 Å². The summed E-state index contributed by atoms with van der Waals surface area (Å²) in [6.45, 7) is 7.01. The van der Waals surface area contributed by atoms with Crippen molar-refractivity contribution in [3.63, 3.8) is 0 Å². The minimum absolute atomic E-state index is 0.0729. The lowest BCUT2D eigenvalue weighted by molar-refractivity contribution is -0.139. The molecular formula is C20H25N3O2. The number of amides is 1. The van der Waals surface area contributed by atoms with Crippen molar-refractivity contribution in [1.29, 1.82) is 0 Å². The first-order valence-electron chi connectivity index (χ1n) is 8.85. The van der Waals surface area contributed by atoms with E-state index < -0.39 is 6.10 Å². The highest BCUT2D eigenvalue weighted by Gasteiger charge is 2.28. The van der Waals surface area contributed by atoms with Crippen LogP contribution in [0.15, 0.2) is 48.7 Å². The van der Waals surface area contributed by atoms with Crippen LogP contribution in [-0.4, -0.2) is 48.1 Å². The number of rotatable bonds is 5. The predicted octanol–water partition coefficient (Wildman–Crippen LogP) is 2.90. The minimum atomic E-state index is -0.427. The van der Waals surface area contributed by atoms with Crippen molar-refractivity contribution in [2.75, 3.05) is 31.1 Å². The molecule has 1 fully saturated rings. The van der Waals surface area contributed by atoms with E-state index in [2.05, 4.69) is 9.88 Å². The maximum Gasteiger partial charge on any atom is 0.263 e. The molecule has 1 amide bonds. The maximum atomic E-state index is 12.8. The van der Waals surface area contributed by atoms with Crippen molar-refractivity contribution in [2.45, 2.75) is 26.4 Å². The Balaban J connectivity index is 1.57. The highest BCUT2D eigenvalue weighted by Crippen LogP contribution is 2.18. The van der Waals surface area contributed by atoms with E-state index in [0.29, 0.717) is 19.5 Å². The van der Waals surface area contributed by atoms with Crippen molar-refractivity contribution in [3.05, 3.63) is 54.2 Å². The fourth-order valence-corrected chi connectivity index (χ4v) is 2.99. The Kier molecular flexibility index (Phi) is 5.53. The normalized spacial score (nSPS) is 15.8. The lowest BCUT2D eigenvalue weighted by Gasteiger charge is -2.36. The number of carbonyl (C=O) groups is 1. The van der Waals surface area contributed by atoms with Gasteiger partial charge < -0.3 is 14.5 Å². The molecule has 3 rings (SSSR count). The van der Waals surface area contributed by atoms with Crippen LogP contribution in [0.2, 0.25) is 0 Å².